The molecule has 0 amide bonds. The van der Waals surface area contributed by atoms with Crippen LogP contribution in [0.1, 0.15) is 55.2 Å². The Bertz CT molecular complexity index is 1560. The van der Waals surface area contributed by atoms with Crippen LogP contribution in [0, 0.1) is 0 Å². The highest BCUT2D eigenvalue weighted by atomic mass is 35.5. The van der Waals surface area contributed by atoms with Gasteiger partial charge in [0.25, 0.3) is 0 Å². The van der Waals surface area contributed by atoms with Gasteiger partial charge in [-0.15, -0.1) is 0 Å². The van der Waals surface area contributed by atoms with E-state index in [1.807, 2.05) is 48.5 Å². The monoisotopic (exact) mass is 569 g/mol. The predicted octanol–water partition coefficient (Wildman–Crippen LogP) is 8.70. The van der Waals surface area contributed by atoms with Gasteiger partial charge in [0, 0.05) is 37.3 Å². The fraction of sp³-hybridized carbons (Fsp3) is 0.265. The van der Waals surface area contributed by atoms with Gasteiger partial charge in [-0.3, -0.25) is 0 Å². The third-order valence-corrected chi connectivity index (χ3v) is 8.23. The molecule has 1 atom stereocenters. The van der Waals surface area contributed by atoms with Crippen molar-refractivity contribution in [3.05, 3.63) is 101 Å². The maximum Gasteiger partial charge on any atom is 0.336 e. The van der Waals surface area contributed by atoms with Gasteiger partial charge in [0.15, 0.2) is 0 Å². The maximum absolute atomic E-state index is 12.2. The summed E-state index contributed by atoms with van der Waals surface area (Å²) in [4.78, 5) is 16.8. The predicted molar refractivity (Wildman–Crippen MR) is 169 cm³/mol. The number of nitrogens with zero attached hydrogens (tertiary/aromatic N) is 2. The van der Waals surface area contributed by atoms with Gasteiger partial charge in [0.1, 0.15) is 11.5 Å². The summed E-state index contributed by atoms with van der Waals surface area (Å²) in [5.74, 6) is 0.458. The average molecular weight is 570 g/mol. The zero-order valence-corrected chi connectivity index (χ0v) is 24.7. The second-order valence-corrected chi connectivity index (χ2v) is 10.3. The number of carboxylic acids is 1. The van der Waals surface area contributed by atoms with Crippen LogP contribution in [0.15, 0.2) is 78.9 Å². The number of benzene rings is 4. The molecule has 2 N–H and O–H groups in total. The number of nitrogens with one attached hydrogen (secondary N) is 1. The summed E-state index contributed by atoms with van der Waals surface area (Å²) in [5, 5.41) is 14.5. The zero-order valence-electron chi connectivity index (χ0n) is 23.9. The number of fused-ring (bicyclic) bond motifs is 2. The number of aromatic carboxylic acids is 1. The zero-order chi connectivity index (χ0) is 29.1. The molecule has 0 aliphatic carbocycles. The molecule has 4 aromatic rings. The largest absolute Gasteiger partial charge is 0.478 e. The Morgan fingerprint density at radius 3 is 2.07 bits per heavy atom. The smallest absolute Gasteiger partial charge is 0.336 e. The SMILES string of the molecule is CCN(CC)c1ccc(N(CC)CC)c(NC2c3ccccc3Oc3cccc(-c4ccccc4C(=O)O)c32)c1Cl. The van der Waals surface area contributed by atoms with Gasteiger partial charge in [-0.05, 0) is 69.2 Å². The molecule has 0 radical (unpaired) electrons. The molecule has 5 rings (SSSR count). The van der Waals surface area contributed by atoms with Crippen LogP contribution in [-0.4, -0.2) is 37.3 Å². The van der Waals surface area contributed by atoms with Gasteiger partial charge in [0.05, 0.1) is 33.7 Å². The molecule has 0 spiro atoms. The molecular formula is C34H36ClN3O3. The van der Waals surface area contributed by atoms with Crippen LogP contribution in [0.2, 0.25) is 5.02 Å². The van der Waals surface area contributed by atoms with E-state index in [0.717, 1.165) is 65.7 Å². The minimum atomic E-state index is -0.973. The van der Waals surface area contributed by atoms with E-state index in [1.165, 1.54) is 0 Å². The molecule has 6 nitrogen and oxygen atoms in total. The summed E-state index contributed by atoms with van der Waals surface area (Å²) >= 11 is 7.28. The lowest BCUT2D eigenvalue weighted by Crippen LogP contribution is -2.27. The van der Waals surface area contributed by atoms with Gasteiger partial charge in [0.2, 0.25) is 0 Å². The standard InChI is InChI=1S/C34H36ClN3O3/c1-5-37(6-2)26-20-21-27(38(7-3)8-4)33(31(26)35)36-32-25-16-11-12-18-28(25)41-29-19-13-17-23(30(29)32)22-14-9-10-15-24(22)34(39)40/h9-21,32,36H,5-8H2,1-4H3,(H,39,40). The number of carboxylic acid groups (broad SMARTS) is 1. The normalized spacial score (nSPS) is 13.5. The molecule has 0 fully saturated rings. The Morgan fingerprint density at radius 1 is 0.780 bits per heavy atom. The van der Waals surface area contributed by atoms with Crippen molar-refractivity contribution in [2.24, 2.45) is 0 Å². The highest BCUT2D eigenvalue weighted by molar-refractivity contribution is 6.36. The molecule has 41 heavy (non-hydrogen) atoms. The number of hydrogen-bond donors (Lipinski definition) is 2. The molecular weight excluding hydrogens is 534 g/mol. The van der Waals surface area contributed by atoms with Gasteiger partial charge >= 0.3 is 5.97 Å². The molecule has 0 saturated carbocycles. The van der Waals surface area contributed by atoms with Crippen LogP contribution in [0.4, 0.5) is 17.1 Å². The molecule has 1 unspecified atom stereocenters. The molecule has 1 aliphatic heterocycles. The molecule has 4 aromatic carbocycles. The second kappa shape index (κ2) is 12.1. The van der Waals surface area contributed by atoms with Gasteiger partial charge < -0.3 is 25.0 Å². The second-order valence-electron chi connectivity index (χ2n) is 9.92. The Balaban J connectivity index is 1.76. The third kappa shape index (κ3) is 5.20. The van der Waals surface area contributed by atoms with Crippen LogP contribution in [-0.2, 0) is 0 Å². The topological polar surface area (TPSA) is 65.0 Å². The third-order valence-electron chi connectivity index (χ3n) is 7.85. The molecule has 0 aromatic heterocycles. The summed E-state index contributed by atoms with van der Waals surface area (Å²) in [6.07, 6.45) is 0. The number of rotatable bonds is 10. The average Bonchev–Trinajstić information content (AvgIpc) is 3.00. The molecule has 7 heteroatoms. The van der Waals surface area contributed by atoms with Crippen LogP contribution in [0.3, 0.4) is 0 Å². The lowest BCUT2D eigenvalue weighted by molar-refractivity contribution is 0.0697. The first-order valence-corrected chi connectivity index (χ1v) is 14.6. The Kier molecular flexibility index (Phi) is 8.41. The first-order chi connectivity index (χ1) is 19.9. The van der Waals surface area contributed by atoms with Gasteiger partial charge in [-0.25, -0.2) is 4.79 Å². The first-order valence-electron chi connectivity index (χ1n) is 14.2. The van der Waals surface area contributed by atoms with Crippen molar-refractivity contribution < 1.29 is 14.6 Å². The van der Waals surface area contributed by atoms with E-state index in [-0.39, 0.29) is 11.6 Å². The van der Waals surface area contributed by atoms with E-state index in [4.69, 9.17) is 16.3 Å². The van der Waals surface area contributed by atoms with Crippen molar-refractivity contribution >= 4 is 34.6 Å². The fourth-order valence-corrected chi connectivity index (χ4v) is 6.11. The van der Waals surface area contributed by atoms with Crippen LogP contribution in [0.25, 0.3) is 11.1 Å². The highest BCUT2D eigenvalue weighted by Gasteiger charge is 2.32. The molecule has 1 heterocycles. The molecule has 0 saturated heterocycles. The fourth-order valence-electron chi connectivity index (χ4n) is 5.78. The lowest BCUT2D eigenvalue weighted by Gasteiger charge is -2.35. The number of hydrogen-bond acceptors (Lipinski definition) is 5. The van der Waals surface area contributed by atoms with Crippen molar-refractivity contribution in [3.8, 4) is 22.6 Å². The molecule has 0 bridgehead atoms. The van der Waals surface area contributed by atoms with Crippen molar-refractivity contribution in [1.29, 1.82) is 0 Å². The van der Waals surface area contributed by atoms with Crippen LogP contribution >= 0.6 is 11.6 Å². The summed E-state index contributed by atoms with van der Waals surface area (Å²) < 4.78 is 6.42. The Morgan fingerprint density at radius 2 is 1.37 bits per heavy atom. The van der Waals surface area contributed by atoms with E-state index in [2.05, 4.69) is 61.0 Å². The van der Waals surface area contributed by atoms with Crippen LogP contribution in [0.5, 0.6) is 11.5 Å². The van der Waals surface area contributed by atoms with E-state index in [9.17, 15) is 9.90 Å². The minimum absolute atomic E-state index is 0.240. The number of halogens is 1. The molecule has 1 aliphatic rings. The summed E-state index contributed by atoms with van der Waals surface area (Å²) in [6, 6.07) is 24.8. The number of ether oxygens (including phenoxy) is 1. The van der Waals surface area contributed by atoms with E-state index in [0.29, 0.717) is 16.3 Å². The molecule has 212 valence electrons. The van der Waals surface area contributed by atoms with Crippen molar-refractivity contribution in [2.45, 2.75) is 33.7 Å². The van der Waals surface area contributed by atoms with Crippen molar-refractivity contribution in [2.75, 3.05) is 41.3 Å². The quantitative estimate of drug-likeness (QED) is 0.199. The minimum Gasteiger partial charge on any atom is -0.478 e. The maximum atomic E-state index is 12.2. The summed E-state index contributed by atoms with van der Waals surface area (Å²) in [5.41, 5.74) is 6.33. The van der Waals surface area contributed by atoms with Gasteiger partial charge in [-0.2, -0.15) is 0 Å². The number of para-hydroxylation sites is 1. The van der Waals surface area contributed by atoms with E-state index in [1.54, 1.807) is 12.1 Å². The summed E-state index contributed by atoms with van der Waals surface area (Å²) in [6.45, 7) is 11.8. The van der Waals surface area contributed by atoms with Crippen molar-refractivity contribution in [1.82, 2.24) is 0 Å². The van der Waals surface area contributed by atoms with Gasteiger partial charge in [-0.1, -0.05) is 60.1 Å². The van der Waals surface area contributed by atoms with E-state index < -0.39 is 5.97 Å². The van der Waals surface area contributed by atoms with Crippen LogP contribution < -0.4 is 19.9 Å². The number of anilines is 3. The summed E-state index contributed by atoms with van der Waals surface area (Å²) in [7, 11) is 0. The van der Waals surface area contributed by atoms with E-state index >= 15 is 0 Å². The Labute approximate surface area is 247 Å². The van der Waals surface area contributed by atoms with Crippen molar-refractivity contribution in [3.63, 3.8) is 0 Å². The highest BCUT2D eigenvalue weighted by Crippen LogP contribution is 2.51. The first kappa shape index (κ1) is 28.4. The number of carbonyl (C=O) groups is 1. The lowest BCUT2D eigenvalue weighted by atomic mass is 9.86. The Hall–Kier alpha value is -4.16.